The molecular formula is C12H18BN3O4S. The molecule has 21 heavy (non-hydrogen) atoms. The van der Waals surface area contributed by atoms with E-state index in [9.17, 15) is 13.8 Å². The summed E-state index contributed by atoms with van der Waals surface area (Å²) >= 11 is 0.120. The molecular weight excluding hydrogens is 293 g/mol. The maximum absolute atomic E-state index is 12.6. The van der Waals surface area contributed by atoms with Gasteiger partial charge in [-0.25, -0.2) is 0 Å². The Hall–Kier alpha value is -1.74. The zero-order valence-corrected chi connectivity index (χ0v) is 13.5. The van der Waals surface area contributed by atoms with E-state index in [0.717, 1.165) is 6.36 Å². The number of amides is 1. The van der Waals surface area contributed by atoms with Crippen molar-refractivity contribution in [2.45, 2.75) is 26.2 Å². The molecule has 0 aliphatic carbocycles. The SMILES string of the molecule is CNC(=O)C(C)(C)c1c(C)n(C)cc(NOB=S=O)c1=O. The van der Waals surface area contributed by atoms with Crippen molar-refractivity contribution in [3.63, 3.8) is 0 Å². The topological polar surface area (TPSA) is 89.4 Å². The number of rotatable bonds is 5. The molecule has 0 atom stereocenters. The molecule has 0 aliphatic rings. The molecule has 0 aromatic carbocycles. The molecule has 114 valence electrons. The first-order valence-corrected chi connectivity index (χ1v) is 7.02. The first-order chi connectivity index (χ1) is 9.77. The number of hydrogen-bond donors (Lipinski definition) is 2. The van der Waals surface area contributed by atoms with E-state index in [1.807, 2.05) is 0 Å². The van der Waals surface area contributed by atoms with E-state index in [4.69, 9.17) is 4.76 Å². The molecule has 0 radical (unpaired) electrons. The predicted molar refractivity (Wildman–Crippen MR) is 82.1 cm³/mol. The van der Waals surface area contributed by atoms with Crippen molar-refractivity contribution in [3.8, 4) is 0 Å². The zero-order valence-electron chi connectivity index (χ0n) is 12.6. The molecule has 2 N–H and O–H groups in total. The van der Waals surface area contributed by atoms with Crippen molar-refractivity contribution in [2.75, 3.05) is 12.5 Å². The summed E-state index contributed by atoms with van der Waals surface area (Å²) in [5.74, 6) is -0.262. The Morgan fingerprint density at radius 1 is 1.48 bits per heavy atom. The van der Waals surface area contributed by atoms with Gasteiger partial charge in [0.2, 0.25) is 0 Å². The third-order valence-electron chi connectivity index (χ3n) is 3.36. The van der Waals surface area contributed by atoms with Crippen molar-refractivity contribution in [2.24, 2.45) is 7.05 Å². The number of pyridine rings is 1. The van der Waals surface area contributed by atoms with E-state index in [-0.39, 0.29) is 28.1 Å². The molecule has 0 aliphatic heterocycles. The van der Waals surface area contributed by atoms with Crippen LogP contribution in [0.25, 0.3) is 0 Å². The van der Waals surface area contributed by atoms with Crippen LogP contribution in [0.3, 0.4) is 0 Å². The second kappa shape index (κ2) is 6.81. The molecule has 1 heterocycles. The van der Waals surface area contributed by atoms with E-state index in [1.54, 1.807) is 38.6 Å². The summed E-state index contributed by atoms with van der Waals surface area (Å²) in [4.78, 5) is 24.6. The summed E-state index contributed by atoms with van der Waals surface area (Å²) in [5.41, 5.74) is 2.27. The number of hydrogen-bond acceptors (Lipinski definition) is 5. The van der Waals surface area contributed by atoms with E-state index < -0.39 is 5.41 Å². The fraction of sp³-hybridized carbons (Fsp3) is 0.500. The van der Waals surface area contributed by atoms with Crippen LogP contribution in [0.2, 0.25) is 0 Å². The van der Waals surface area contributed by atoms with Gasteiger partial charge >= 0.3 is 126 Å². The van der Waals surface area contributed by atoms with Gasteiger partial charge in [0, 0.05) is 0 Å². The maximum atomic E-state index is 12.6. The standard InChI is InChI=1S/C12H18BN3O4S/c1-7-9(12(2,3)11(18)14-4)10(17)8(6-16(7)5)15-20-13-21-19/h6,15H,1-5H3,(H,14,18). The van der Waals surface area contributed by atoms with E-state index in [1.165, 1.54) is 7.05 Å². The van der Waals surface area contributed by atoms with Crippen LogP contribution in [0.4, 0.5) is 5.69 Å². The minimum atomic E-state index is -0.998. The van der Waals surface area contributed by atoms with E-state index >= 15 is 0 Å². The van der Waals surface area contributed by atoms with Crippen LogP contribution < -0.4 is 16.2 Å². The van der Waals surface area contributed by atoms with Gasteiger partial charge in [0.05, 0.1) is 0 Å². The molecule has 0 fully saturated rings. The van der Waals surface area contributed by atoms with Gasteiger partial charge in [-0.2, -0.15) is 0 Å². The fourth-order valence-electron chi connectivity index (χ4n) is 2.17. The van der Waals surface area contributed by atoms with E-state index in [2.05, 4.69) is 10.8 Å². The number of aromatic nitrogens is 1. The molecule has 0 unspecified atom stereocenters. The molecule has 0 spiro atoms. The van der Waals surface area contributed by atoms with Gasteiger partial charge in [-0.05, 0) is 0 Å². The average molecular weight is 311 g/mol. The van der Waals surface area contributed by atoms with Gasteiger partial charge in [-0.15, -0.1) is 0 Å². The summed E-state index contributed by atoms with van der Waals surface area (Å²) < 4.78 is 16.7. The van der Waals surface area contributed by atoms with Crippen molar-refractivity contribution in [1.82, 2.24) is 9.88 Å². The molecule has 7 nitrogen and oxygen atoms in total. The van der Waals surface area contributed by atoms with Crippen molar-refractivity contribution in [3.05, 3.63) is 27.7 Å². The molecule has 0 saturated heterocycles. The van der Waals surface area contributed by atoms with Crippen molar-refractivity contribution >= 4 is 29.0 Å². The number of carbonyl (C=O) groups excluding carboxylic acids is 1. The van der Waals surface area contributed by atoms with Gasteiger partial charge in [-0.3, -0.25) is 0 Å². The summed E-state index contributed by atoms with van der Waals surface area (Å²) in [7, 11) is 3.28. The quantitative estimate of drug-likeness (QED) is 0.581. The molecule has 0 bridgehead atoms. The molecule has 1 aromatic rings. The second-order valence-corrected chi connectivity index (χ2v) is 5.44. The Morgan fingerprint density at radius 2 is 2.10 bits per heavy atom. The third-order valence-corrected chi connectivity index (χ3v) is 3.54. The van der Waals surface area contributed by atoms with Gasteiger partial charge in [-0.1, -0.05) is 0 Å². The van der Waals surface area contributed by atoms with Gasteiger partial charge in [0.25, 0.3) is 0 Å². The summed E-state index contributed by atoms with van der Waals surface area (Å²) in [5, 5.41) is 2.56. The molecule has 0 saturated carbocycles. The number of aryl methyl sites for hydroxylation is 1. The van der Waals surface area contributed by atoms with Crippen LogP contribution in [0, 0.1) is 6.92 Å². The Kier molecular flexibility index (Phi) is 5.62. The van der Waals surface area contributed by atoms with Crippen LogP contribution in [0.15, 0.2) is 11.0 Å². The van der Waals surface area contributed by atoms with Crippen LogP contribution in [0.1, 0.15) is 25.1 Å². The normalized spacial score (nSPS) is 10.7. The number of nitrogens with one attached hydrogen (secondary N) is 2. The number of carbonyl (C=O) groups is 1. The molecule has 9 heteroatoms. The second-order valence-electron chi connectivity index (χ2n) is 5.06. The van der Waals surface area contributed by atoms with Crippen LogP contribution in [0.5, 0.6) is 0 Å². The third kappa shape index (κ3) is 3.48. The number of anilines is 1. The summed E-state index contributed by atoms with van der Waals surface area (Å²) in [6.07, 6.45) is 2.47. The summed E-state index contributed by atoms with van der Waals surface area (Å²) in [6, 6.07) is 0. The summed E-state index contributed by atoms with van der Waals surface area (Å²) in [6.45, 7) is 5.13. The van der Waals surface area contributed by atoms with Crippen LogP contribution in [-0.2, 0) is 33.1 Å². The Morgan fingerprint density at radius 3 is 2.62 bits per heavy atom. The Bertz CT molecular complexity index is 665. The van der Waals surface area contributed by atoms with Gasteiger partial charge in [0.1, 0.15) is 0 Å². The van der Waals surface area contributed by atoms with Crippen LogP contribution >= 0.6 is 0 Å². The number of nitrogens with zero attached hydrogens (tertiary/aromatic N) is 1. The first-order valence-electron chi connectivity index (χ1n) is 6.22. The number of likely N-dealkylation sites (N-methyl/N-ethyl adjacent to an activating group) is 1. The predicted octanol–water partition coefficient (Wildman–Crippen LogP) is -0.192. The van der Waals surface area contributed by atoms with Crippen molar-refractivity contribution < 1.29 is 13.8 Å². The van der Waals surface area contributed by atoms with Gasteiger partial charge < -0.3 is 0 Å². The minimum absolute atomic E-state index is 0.120. The monoisotopic (exact) mass is 311 g/mol. The molecule has 1 aromatic heterocycles. The average Bonchev–Trinajstić information content (AvgIpc) is 2.43. The Balaban J connectivity index is 3.48. The fourth-order valence-corrected chi connectivity index (χ4v) is 2.25. The van der Waals surface area contributed by atoms with E-state index in [0.29, 0.717) is 11.3 Å². The van der Waals surface area contributed by atoms with Crippen LogP contribution in [-0.4, -0.2) is 28.1 Å². The molecule has 1 amide bonds. The van der Waals surface area contributed by atoms with Crippen molar-refractivity contribution in [1.29, 1.82) is 0 Å². The van der Waals surface area contributed by atoms with Gasteiger partial charge in [0.15, 0.2) is 0 Å². The first kappa shape index (κ1) is 17.3. The molecule has 1 rings (SSSR count). The Labute approximate surface area is 126 Å². The zero-order chi connectivity index (χ0) is 16.2.